The molecule has 7 heteroatoms. The summed E-state index contributed by atoms with van der Waals surface area (Å²) in [6.07, 6.45) is 0. The normalized spacial score (nSPS) is 14.3. The van der Waals surface area contributed by atoms with Crippen LogP contribution in [0.3, 0.4) is 0 Å². The zero-order valence-corrected chi connectivity index (χ0v) is 14.8. The predicted molar refractivity (Wildman–Crippen MR) is 93.2 cm³/mol. The van der Waals surface area contributed by atoms with Crippen molar-refractivity contribution in [2.24, 2.45) is 0 Å². The Hall–Kier alpha value is -1.96. The van der Waals surface area contributed by atoms with Crippen LogP contribution in [0.4, 0.5) is 0 Å². The predicted octanol–water partition coefficient (Wildman–Crippen LogP) is 1.66. The second kappa shape index (κ2) is 7.74. The maximum atomic E-state index is 12.5. The van der Waals surface area contributed by atoms with Crippen LogP contribution in [0.1, 0.15) is 13.8 Å². The van der Waals surface area contributed by atoms with Gasteiger partial charge in [0.25, 0.3) is 0 Å². The second-order valence-corrected chi connectivity index (χ2v) is 7.43. The summed E-state index contributed by atoms with van der Waals surface area (Å²) in [5, 5.41) is 4.47. The van der Waals surface area contributed by atoms with Crippen molar-refractivity contribution >= 4 is 26.7 Å². The number of hydrogen-bond donors (Lipinski definition) is 2. The number of ether oxygens (including phenoxy) is 1. The van der Waals surface area contributed by atoms with Gasteiger partial charge in [0.15, 0.2) is 0 Å². The number of benzene rings is 2. The van der Waals surface area contributed by atoms with E-state index in [1.807, 2.05) is 24.3 Å². The van der Waals surface area contributed by atoms with Gasteiger partial charge in [-0.15, -0.1) is 0 Å². The average molecular weight is 350 g/mol. The summed E-state index contributed by atoms with van der Waals surface area (Å²) in [5.74, 6) is -0.399. The maximum absolute atomic E-state index is 12.5. The lowest BCUT2D eigenvalue weighted by molar-refractivity contribution is -0.123. The summed E-state index contributed by atoms with van der Waals surface area (Å²) in [6, 6.07) is 11.3. The Morgan fingerprint density at radius 1 is 1.12 bits per heavy atom. The summed E-state index contributed by atoms with van der Waals surface area (Å²) in [6.45, 7) is 3.65. The quantitative estimate of drug-likeness (QED) is 0.795. The monoisotopic (exact) mass is 350 g/mol. The van der Waals surface area contributed by atoms with Crippen molar-refractivity contribution in [3.63, 3.8) is 0 Å². The minimum absolute atomic E-state index is 0.130. The van der Waals surface area contributed by atoms with Gasteiger partial charge in [0, 0.05) is 13.2 Å². The van der Waals surface area contributed by atoms with E-state index in [-0.39, 0.29) is 10.9 Å². The first kappa shape index (κ1) is 18.4. The number of rotatable bonds is 7. The largest absolute Gasteiger partial charge is 0.383 e. The van der Waals surface area contributed by atoms with E-state index in [4.69, 9.17) is 4.74 Å². The van der Waals surface area contributed by atoms with Crippen molar-refractivity contribution in [1.82, 2.24) is 10.0 Å². The van der Waals surface area contributed by atoms with Gasteiger partial charge in [0.05, 0.1) is 17.5 Å². The third-order valence-electron chi connectivity index (χ3n) is 3.56. The van der Waals surface area contributed by atoms with E-state index in [1.54, 1.807) is 19.1 Å². The van der Waals surface area contributed by atoms with E-state index in [2.05, 4.69) is 10.0 Å². The van der Waals surface area contributed by atoms with Gasteiger partial charge in [-0.3, -0.25) is 4.79 Å². The van der Waals surface area contributed by atoms with Crippen molar-refractivity contribution in [2.75, 3.05) is 13.7 Å². The molecule has 1 amide bonds. The molecule has 0 bridgehead atoms. The van der Waals surface area contributed by atoms with Crippen molar-refractivity contribution in [1.29, 1.82) is 0 Å². The molecule has 2 aromatic rings. The van der Waals surface area contributed by atoms with Crippen LogP contribution in [0.5, 0.6) is 0 Å². The lowest BCUT2D eigenvalue weighted by Crippen LogP contribution is -2.48. The van der Waals surface area contributed by atoms with Gasteiger partial charge < -0.3 is 10.1 Å². The van der Waals surface area contributed by atoms with E-state index < -0.39 is 22.0 Å². The topological polar surface area (TPSA) is 84.5 Å². The molecule has 2 aromatic carbocycles. The average Bonchev–Trinajstić information content (AvgIpc) is 2.54. The van der Waals surface area contributed by atoms with Crippen molar-refractivity contribution in [3.05, 3.63) is 42.5 Å². The van der Waals surface area contributed by atoms with E-state index >= 15 is 0 Å². The van der Waals surface area contributed by atoms with E-state index in [1.165, 1.54) is 20.1 Å². The molecule has 0 aromatic heterocycles. The van der Waals surface area contributed by atoms with Crippen LogP contribution in [0.2, 0.25) is 0 Å². The number of carbonyl (C=O) groups excluding carboxylic acids is 1. The highest BCUT2D eigenvalue weighted by atomic mass is 32.2. The van der Waals surface area contributed by atoms with Crippen LogP contribution in [-0.4, -0.2) is 40.1 Å². The first-order chi connectivity index (χ1) is 11.3. The van der Waals surface area contributed by atoms with Crippen LogP contribution in [0.25, 0.3) is 10.8 Å². The molecule has 2 N–H and O–H groups in total. The molecule has 0 spiro atoms. The van der Waals surface area contributed by atoms with Crippen molar-refractivity contribution in [3.8, 4) is 0 Å². The van der Waals surface area contributed by atoms with Gasteiger partial charge in [0.1, 0.15) is 0 Å². The SMILES string of the molecule is COC[C@@H](C)NC(=O)[C@@H](C)NS(=O)(=O)c1ccc2ccccc2c1. The minimum Gasteiger partial charge on any atom is -0.383 e. The summed E-state index contributed by atoms with van der Waals surface area (Å²) < 4.78 is 32.3. The number of methoxy groups -OCH3 is 1. The number of nitrogens with one attached hydrogen (secondary N) is 2. The van der Waals surface area contributed by atoms with Crippen LogP contribution < -0.4 is 10.0 Å². The number of hydrogen-bond acceptors (Lipinski definition) is 4. The molecular weight excluding hydrogens is 328 g/mol. The molecule has 0 aliphatic heterocycles. The lowest BCUT2D eigenvalue weighted by Gasteiger charge is -2.18. The lowest BCUT2D eigenvalue weighted by atomic mass is 10.1. The highest BCUT2D eigenvalue weighted by molar-refractivity contribution is 7.89. The molecule has 2 rings (SSSR count). The summed E-state index contributed by atoms with van der Waals surface area (Å²) in [4.78, 5) is 12.2. The van der Waals surface area contributed by atoms with Crippen LogP contribution in [-0.2, 0) is 19.6 Å². The molecule has 0 unspecified atom stereocenters. The molecule has 6 nitrogen and oxygen atoms in total. The molecular formula is C17H22N2O4S. The third-order valence-corrected chi connectivity index (χ3v) is 5.10. The molecule has 0 aliphatic rings. The van der Waals surface area contributed by atoms with E-state index in [0.717, 1.165) is 10.8 Å². The van der Waals surface area contributed by atoms with E-state index in [9.17, 15) is 13.2 Å². The maximum Gasteiger partial charge on any atom is 0.241 e. The molecule has 0 saturated heterocycles. The van der Waals surface area contributed by atoms with E-state index in [0.29, 0.717) is 6.61 Å². The van der Waals surface area contributed by atoms with Gasteiger partial charge in [0.2, 0.25) is 15.9 Å². The standard InChI is InChI=1S/C17H22N2O4S/c1-12(11-23-3)18-17(20)13(2)19-24(21,22)16-9-8-14-6-4-5-7-15(14)10-16/h4-10,12-13,19H,11H2,1-3H3,(H,18,20)/t12-,13-/m1/s1. The molecule has 24 heavy (non-hydrogen) atoms. The van der Waals surface area contributed by atoms with Crippen LogP contribution in [0.15, 0.2) is 47.4 Å². The highest BCUT2D eigenvalue weighted by Crippen LogP contribution is 2.19. The van der Waals surface area contributed by atoms with Gasteiger partial charge in [-0.25, -0.2) is 8.42 Å². The fourth-order valence-corrected chi connectivity index (χ4v) is 3.59. The zero-order chi connectivity index (χ0) is 17.7. The molecule has 0 fully saturated rings. The number of fused-ring (bicyclic) bond motifs is 1. The summed E-state index contributed by atoms with van der Waals surface area (Å²) in [5.41, 5.74) is 0. The molecule has 130 valence electrons. The number of amides is 1. The Balaban J connectivity index is 2.12. The van der Waals surface area contributed by atoms with Crippen molar-refractivity contribution in [2.45, 2.75) is 30.8 Å². The smallest absolute Gasteiger partial charge is 0.241 e. The fourth-order valence-electron chi connectivity index (χ4n) is 2.35. The Morgan fingerprint density at radius 3 is 2.46 bits per heavy atom. The minimum atomic E-state index is -3.79. The summed E-state index contributed by atoms with van der Waals surface area (Å²) in [7, 11) is -2.25. The van der Waals surface area contributed by atoms with Gasteiger partial charge in [-0.05, 0) is 36.8 Å². The molecule has 0 heterocycles. The zero-order valence-electron chi connectivity index (χ0n) is 13.9. The Labute approximate surface area is 142 Å². The van der Waals surface area contributed by atoms with Crippen LogP contribution >= 0.6 is 0 Å². The van der Waals surface area contributed by atoms with Crippen LogP contribution in [0, 0.1) is 0 Å². The molecule has 2 atom stereocenters. The fraction of sp³-hybridized carbons (Fsp3) is 0.353. The highest BCUT2D eigenvalue weighted by Gasteiger charge is 2.23. The Morgan fingerprint density at radius 2 is 1.79 bits per heavy atom. The number of sulfonamides is 1. The molecule has 0 saturated carbocycles. The Kier molecular flexibility index (Phi) is 5.93. The second-order valence-electron chi connectivity index (χ2n) is 5.72. The first-order valence-corrected chi connectivity index (χ1v) is 9.12. The number of carbonyl (C=O) groups is 1. The first-order valence-electron chi connectivity index (χ1n) is 7.64. The van der Waals surface area contributed by atoms with Gasteiger partial charge >= 0.3 is 0 Å². The third kappa shape index (κ3) is 4.53. The molecule has 0 aliphatic carbocycles. The van der Waals surface area contributed by atoms with Crippen molar-refractivity contribution < 1.29 is 17.9 Å². The summed E-state index contributed by atoms with van der Waals surface area (Å²) >= 11 is 0. The van der Waals surface area contributed by atoms with Gasteiger partial charge in [-0.2, -0.15) is 4.72 Å². The Bertz CT molecular complexity index is 820. The van der Waals surface area contributed by atoms with Gasteiger partial charge in [-0.1, -0.05) is 30.3 Å². The molecule has 0 radical (unpaired) electrons.